The fourth-order valence-corrected chi connectivity index (χ4v) is 3.70. The Morgan fingerprint density at radius 2 is 1.95 bits per heavy atom. The smallest absolute Gasteiger partial charge is 0.251 e. The molecule has 0 heterocycles. The summed E-state index contributed by atoms with van der Waals surface area (Å²) >= 11 is 0. The van der Waals surface area contributed by atoms with E-state index in [2.05, 4.69) is 18.3 Å². The number of carbonyl (C=O) groups excluding carboxylic acids is 1. The van der Waals surface area contributed by atoms with Crippen molar-refractivity contribution in [3.63, 3.8) is 0 Å². The largest absolute Gasteiger partial charge is 0.349 e. The summed E-state index contributed by atoms with van der Waals surface area (Å²) in [6, 6.07) is 9.12. The van der Waals surface area contributed by atoms with Crippen LogP contribution in [-0.2, 0) is 0 Å². The molecule has 1 amide bonds. The first-order chi connectivity index (χ1) is 9.20. The zero-order chi connectivity index (χ0) is 13.4. The van der Waals surface area contributed by atoms with Gasteiger partial charge in [0.15, 0.2) is 0 Å². The van der Waals surface area contributed by atoms with Gasteiger partial charge in [0.2, 0.25) is 0 Å². The van der Waals surface area contributed by atoms with Crippen LogP contribution in [0.1, 0.15) is 42.1 Å². The van der Waals surface area contributed by atoms with Gasteiger partial charge in [0.1, 0.15) is 0 Å². The van der Waals surface area contributed by atoms with E-state index in [4.69, 9.17) is 5.26 Å². The third-order valence-corrected chi connectivity index (χ3v) is 4.69. The molecule has 4 atom stereocenters. The van der Waals surface area contributed by atoms with Crippen LogP contribution in [0.4, 0.5) is 0 Å². The molecule has 1 aromatic rings. The minimum atomic E-state index is -0.0260. The Bertz CT molecular complexity index is 519. The highest BCUT2D eigenvalue weighted by Crippen LogP contribution is 2.58. The monoisotopic (exact) mass is 254 g/mol. The van der Waals surface area contributed by atoms with Crippen molar-refractivity contribution in [1.82, 2.24) is 5.32 Å². The van der Waals surface area contributed by atoms with Crippen molar-refractivity contribution in [2.45, 2.75) is 32.2 Å². The van der Waals surface area contributed by atoms with Crippen LogP contribution >= 0.6 is 0 Å². The molecule has 0 spiro atoms. The minimum Gasteiger partial charge on any atom is -0.349 e. The first kappa shape index (κ1) is 12.2. The highest BCUT2D eigenvalue weighted by atomic mass is 16.1. The molecular formula is C16H18N2O. The van der Waals surface area contributed by atoms with Crippen molar-refractivity contribution >= 4 is 5.91 Å². The Hall–Kier alpha value is -1.82. The summed E-state index contributed by atoms with van der Waals surface area (Å²) in [6.45, 7) is 2.12. The molecule has 0 aromatic heterocycles. The second kappa shape index (κ2) is 4.70. The fraction of sp³-hybridized carbons (Fsp3) is 0.500. The third kappa shape index (κ3) is 2.23. The number of fused-ring (bicyclic) bond motifs is 1. The standard InChI is InChI=1S/C16H18N2O/c1-10(15-13-3-2-4-14(13)15)18-16(19)12-7-5-11(9-17)6-8-12/h5-8,10,13-15H,2-4H2,1H3,(H,18,19)/t10-,13+,14?,15?/m1/s1. The Balaban J connectivity index is 1.60. The molecule has 2 aliphatic rings. The fourth-order valence-electron chi connectivity index (χ4n) is 3.70. The number of amides is 1. The number of benzene rings is 1. The van der Waals surface area contributed by atoms with Gasteiger partial charge in [0.05, 0.1) is 11.6 Å². The lowest BCUT2D eigenvalue weighted by Gasteiger charge is -2.15. The number of rotatable bonds is 3. The molecule has 2 fully saturated rings. The van der Waals surface area contributed by atoms with E-state index in [0.717, 1.165) is 11.8 Å². The van der Waals surface area contributed by atoms with Crippen LogP contribution in [0.5, 0.6) is 0 Å². The Morgan fingerprint density at radius 1 is 1.32 bits per heavy atom. The molecule has 0 radical (unpaired) electrons. The first-order valence-electron chi connectivity index (χ1n) is 7.01. The molecule has 3 rings (SSSR count). The third-order valence-electron chi connectivity index (χ3n) is 4.69. The lowest BCUT2D eigenvalue weighted by Crippen LogP contribution is -2.35. The maximum absolute atomic E-state index is 12.1. The van der Waals surface area contributed by atoms with Crippen LogP contribution in [0, 0.1) is 29.1 Å². The van der Waals surface area contributed by atoms with E-state index >= 15 is 0 Å². The lowest BCUT2D eigenvalue weighted by molar-refractivity contribution is 0.0933. The molecule has 0 saturated heterocycles. The second-order valence-corrected chi connectivity index (χ2v) is 5.79. The number of nitrogens with zero attached hydrogens (tertiary/aromatic N) is 1. The van der Waals surface area contributed by atoms with Crippen molar-refractivity contribution in [2.24, 2.45) is 17.8 Å². The maximum atomic E-state index is 12.1. The highest BCUT2D eigenvalue weighted by molar-refractivity contribution is 5.94. The average Bonchev–Trinajstić information content (AvgIpc) is 2.92. The van der Waals surface area contributed by atoms with E-state index in [-0.39, 0.29) is 11.9 Å². The molecule has 0 bridgehead atoms. The molecule has 3 nitrogen and oxygen atoms in total. The van der Waals surface area contributed by atoms with Gasteiger partial charge in [-0.05, 0) is 61.8 Å². The summed E-state index contributed by atoms with van der Waals surface area (Å²) in [7, 11) is 0. The molecule has 19 heavy (non-hydrogen) atoms. The normalized spacial score (nSPS) is 29.2. The van der Waals surface area contributed by atoms with Gasteiger partial charge in [0.25, 0.3) is 5.91 Å². The Morgan fingerprint density at radius 3 is 2.53 bits per heavy atom. The SMILES string of the molecule is C[C@@H](NC(=O)c1ccc(C#N)cc1)C1C2CCC[C@@H]21. The van der Waals surface area contributed by atoms with Gasteiger partial charge < -0.3 is 5.32 Å². The van der Waals surface area contributed by atoms with Crippen molar-refractivity contribution in [1.29, 1.82) is 5.26 Å². The summed E-state index contributed by atoms with van der Waals surface area (Å²) in [6.07, 6.45) is 4.04. The number of carbonyl (C=O) groups is 1. The first-order valence-corrected chi connectivity index (χ1v) is 7.01. The molecule has 3 heteroatoms. The van der Waals surface area contributed by atoms with Crippen LogP contribution in [0.25, 0.3) is 0 Å². The molecular weight excluding hydrogens is 236 g/mol. The van der Waals surface area contributed by atoms with Gasteiger partial charge in [-0.1, -0.05) is 6.42 Å². The number of hydrogen-bond donors (Lipinski definition) is 1. The maximum Gasteiger partial charge on any atom is 0.251 e. The van der Waals surface area contributed by atoms with Gasteiger partial charge in [-0.15, -0.1) is 0 Å². The molecule has 0 aliphatic heterocycles. The van der Waals surface area contributed by atoms with E-state index in [1.807, 2.05) is 0 Å². The topological polar surface area (TPSA) is 52.9 Å². The van der Waals surface area contributed by atoms with Gasteiger partial charge >= 0.3 is 0 Å². The molecule has 2 unspecified atom stereocenters. The Labute approximate surface area is 113 Å². The molecule has 2 aliphatic carbocycles. The van der Waals surface area contributed by atoms with Gasteiger partial charge in [-0.2, -0.15) is 5.26 Å². The van der Waals surface area contributed by atoms with Crippen molar-refractivity contribution in [3.05, 3.63) is 35.4 Å². The van der Waals surface area contributed by atoms with E-state index in [1.165, 1.54) is 19.3 Å². The zero-order valence-electron chi connectivity index (χ0n) is 11.1. The van der Waals surface area contributed by atoms with E-state index in [1.54, 1.807) is 24.3 Å². The van der Waals surface area contributed by atoms with Crippen molar-refractivity contribution in [2.75, 3.05) is 0 Å². The predicted molar refractivity (Wildman–Crippen MR) is 72.4 cm³/mol. The number of hydrogen-bond acceptors (Lipinski definition) is 2. The van der Waals surface area contributed by atoms with Crippen LogP contribution in [0.15, 0.2) is 24.3 Å². The summed E-state index contributed by atoms with van der Waals surface area (Å²) in [5, 5.41) is 11.8. The van der Waals surface area contributed by atoms with Crippen LogP contribution in [-0.4, -0.2) is 11.9 Å². The second-order valence-electron chi connectivity index (χ2n) is 5.79. The quantitative estimate of drug-likeness (QED) is 0.901. The summed E-state index contributed by atoms with van der Waals surface area (Å²) in [5.74, 6) is 2.38. The van der Waals surface area contributed by atoms with Crippen LogP contribution in [0.2, 0.25) is 0 Å². The zero-order valence-corrected chi connectivity index (χ0v) is 11.1. The van der Waals surface area contributed by atoms with Gasteiger partial charge in [-0.3, -0.25) is 4.79 Å². The molecule has 1 N–H and O–H groups in total. The van der Waals surface area contributed by atoms with Crippen molar-refractivity contribution in [3.8, 4) is 6.07 Å². The lowest BCUT2D eigenvalue weighted by atomic mass is 10.0. The van der Waals surface area contributed by atoms with E-state index in [0.29, 0.717) is 17.0 Å². The highest BCUT2D eigenvalue weighted by Gasteiger charge is 2.54. The number of nitrogens with one attached hydrogen (secondary N) is 1. The average molecular weight is 254 g/mol. The van der Waals surface area contributed by atoms with Crippen LogP contribution < -0.4 is 5.32 Å². The van der Waals surface area contributed by atoms with E-state index in [9.17, 15) is 4.79 Å². The van der Waals surface area contributed by atoms with E-state index < -0.39 is 0 Å². The molecule has 2 saturated carbocycles. The summed E-state index contributed by atoms with van der Waals surface area (Å²) < 4.78 is 0. The summed E-state index contributed by atoms with van der Waals surface area (Å²) in [5.41, 5.74) is 1.22. The van der Waals surface area contributed by atoms with Crippen molar-refractivity contribution < 1.29 is 4.79 Å². The van der Waals surface area contributed by atoms with Gasteiger partial charge in [-0.25, -0.2) is 0 Å². The molecule has 98 valence electrons. The molecule has 1 aromatic carbocycles. The predicted octanol–water partition coefficient (Wildman–Crippen LogP) is 2.72. The van der Waals surface area contributed by atoms with Crippen LogP contribution in [0.3, 0.4) is 0 Å². The Kier molecular flexibility index (Phi) is 3.02. The summed E-state index contributed by atoms with van der Waals surface area (Å²) in [4.78, 5) is 12.1. The van der Waals surface area contributed by atoms with Gasteiger partial charge in [0, 0.05) is 11.6 Å². The minimum absolute atomic E-state index is 0.0260. The number of nitriles is 1.